The first-order valence-electron chi connectivity index (χ1n) is 8.97. The quantitative estimate of drug-likeness (QED) is 0.717. The molecule has 2 aromatic heterocycles. The number of likely N-dealkylation sites (tertiary alicyclic amines) is 1. The van der Waals surface area contributed by atoms with Crippen LogP contribution in [0.5, 0.6) is 0 Å². The number of aromatic nitrogens is 4. The minimum absolute atomic E-state index is 0.599. The van der Waals surface area contributed by atoms with Gasteiger partial charge in [-0.2, -0.15) is 14.6 Å². The van der Waals surface area contributed by atoms with Crippen LogP contribution in [0, 0.1) is 0 Å². The molecule has 0 amide bonds. The number of hydrogen-bond donors (Lipinski definition) is 0. The summed E-state index contributed by atoms with van der Waals surface area (Å²) in [7, 11) is 2.14. The molecule has 0 spiro atoms. The highest BCUT2D eigenvalue weighted by Gasteiger charge is 2.25. The Labute approximate surface area is 148 Å². The monoisotopic (exact) mass is 336 g/mol. The fourth-order valence-electron chi connectivity index (χ4n) is 3.75. The van der Waals surface area contributed by atoms with Crippen LogP contribution in [-0.2, 0) is 0 Å². The molecule has 6 heteroatoms. The third kappa shape index (κ3) is 3.09. The lowest BCUT2D eigenvalue weighted by molar-refractivity contribution is 0.270. The van der Waals surface area contributed by atoms with E-state index in [0.29, 0.717) is 11.8 Å². The molecule has 1 saturated heterocycles. The van der Waals surface area contributed by atoms with Gasteiger partial charge in [-0.3, -0.25) is 4.90 Å². The van der Waals surface area contributed by atoms with Gasteiger partial charge >= 0.3 is 0 Å². The topological polar surface area (TPSA) is 49.6 Å². The molecule has 25 heavy (non-hydrogen) atoms. The van der Waals surface area contributed by atoms with Crippen molar-refractivity contribution in [1.29, 1.82) is 0 Å². The van der Waals surface area contributed by atoms with Crippen molar-refractivity contribution in [2.75, 3.05) is 31.6 Å². The van der Waals surface area contributed by atoms with Gasteiger partial charge in [-0.1, -0.05) is 37.3 Å². The van der Waals surface area contributed by atoms with Gasteiger partial charge in [-0.15, -0.1) is 0 Å². The summed E-state index contributed by atoms with van der Waals surface area (Å²) in [4.78, 5) is 13.8. The van der Waals surface area contributed by atoms with E-state index in [9.17, 15) is 0 Å². The van der Waals surface area contributed by atoms with E-state index in [-0.39, 0.29) is 0 Å². The van der Waals surface area contributed by atoms with Gasteiger partial charge in [-0.25, -0.2) is 4.98 Å². The molecule has 3 aromatic rings. The SMILES string of the molecule is CCN1CCCC1CN(C)c1cc(-c2ccccc2)nc2ncnn12. The van der Waals surface area contributed by atoms with Gasteiger partial charge in [0.25, 0.3) is 5.78 Å². The van der Waals surface area contributed by atoms with E-state index in [4.69, 9.17) is 0 Å². The summed E-state index contributed by atoms with van der Waals surface area (Å²) in [6.07, 6.45) is 4.12. The summed E-state index contributed by atoms with van der Waals surface area (Å²) in [5.41, 5.74) is 2.03. The van der Waals surface area contributed by atoms with E-state index >= 15 is 0 Å². The Morgan fingerprint density at radius 1 is 1.24 bits per heavy atom. The van der Waals surface area contributed by atoms with Crippen LogP contribution in [0.25, 0.3) is 17.0 Å². The van der Waals surface area contributed by atoms with Crippen LogP contribution in [0.15, 0.2) is 42.7 Å². The van der Waals surface area contributed by atoms with Gasteiger partial charge < -0.3 is 4.90 Å². The molecule has 1 aromatic carbocycles. The molecule has 0 bridgehead atoms. The number of fused-ring (bicyclic) bond motifs is 1. The van der Waals surface area contributed by atoms with Crippen molar-refractivity contribution in [3.8, 4) is 11.3 Å². The van der Waals surface area contributed by atoms with Gasteiger partial charge in [0.2, 0.25) is 0 Å². The van der Waals surface area contributed by atoms with E-state index in [2.05, 4.69) is 57.0 Å². The Hall–Kier alpha value is -2.47. The van der Waals surface area contributed by atoms with Gasteiger partial charge in [0.05, 0.1) is 5.69 Å². The van der Waals surface area contributed by atoms with Gasteiger partial charge in [0.15, 0.2) is 0 Å². The lowest BCUT2D eigenvalue weighted by atomic mass is 10.1. The van der Waals surface area contributed by atoms with Crippen molar-refractivity contribution in [3.05, 3.63) is 42.7 Å². The maximum atomic E-state index is 4.66. The number of likely N-dealkylation sites (N-methyl/N-ethyl adjacent to an activating group) is 2. The minimum Gasteiger partial charge on any atom is -0.358 e. The summed E-state index contributed by atoms with van der Waals surface area (Å²) in [5, 5.41) is 4.38. The van der Waals surface area contributed by atoms with Crippen molar-refractivity contribution >= 4 is 11.6 Å². The van der Waals surface area contributed by atoms with Crippen LogP contribution in [0.2, 0.25) is 0 Å². The fraction of sp³-hybridized carbons (Fsp3) is 0.421. The molecule has 6 nitrogen and oxygen atoms in total. The van der Waals surface area contributed by atoms with E-state index in [1.807, 2.05) is 22.7 Å². The molecule has 3 heterocycles. The third-order valence-corrected chi connectivity index (χ3v) is 5.08. The third-order valence-electron chi connectivity index (χ3n) is 5.08. The molecule has 0 N–H and O–H groups in total. The molecule has 0 radical (unpaired) electrons. The predicted octanol–water partition coefficient (Wildman–Crippen LogP) is 2.71. The number of benzene rings is 1. The Morgan fingerprint density at radius 3 is 2.88 bits per heavy atom. The summed E-state index contributed by atoms with van der Waals surface area (Å²) < 4.78 is 1.83. The maximum absolute atomic E-state index is 4.66. The Balaban J connectivity index is 1.69. The summed E-state index contributed by atoms with van der Waals surface area (Å²) in [6, 6.07) is 13.0. The van der Waals surface area contributed by atoms with Gasteiger partial charge in [-0.05, 0) is 25.9 Å². The molecular formula is C19H24N6. The zero-order valence-electron chi connectivity index (χ0n) is 14.8. The zero-order chi connectivity index (χ0) is 17.2. The standard InChI is InChI=1S/C19H24N6/c1-3-24-11-7-10-16(24)13-23(2)18-12-17(15-8-5-4-6-9-15)22-19-20-14-21-25(18)19/h4-6,8-9,12,14,16H,3,7,10-11,13H2,1-2H3. The Morgan fingerprint density at radius 2 is 2.08 bits per heavy atom. The smallest absolute Gasteiger partial charge is 0.254 e. The van der Waals surface area contributed by atoms with Crippen molar-refractivity contribution < 1.29 is 0 Å². The summed E-state index contributed by atoms with van der Waals surface area (Å²) >= 11 is 0. The average molecular weight is 336 g/mol. The highest BCUT2D eigenvalue weighted by Crippen LogP contribution is 2.25. The highest BCUT2D eigenvalue weighted by atomic mass is 15.4. The molecule has 0 saturated carbocycles. The highest BCUT2D eigenvalue weighted by molar-refractivity contribution is 5.65. The van der Waals surface area contributed by atoms with Crippen LogP contribution in [0.3, 0.4) is 0 Å². The van der Waals surface area contributed by atoms with Crippen molar-refractivity contribution in [2.24, 2.45) is 0 Å². The zero-order valence-corrected chi connectivity index (χ0v) is 14.8. The lowest BCUT2D eigenvalue weighted by Crippen LogP contribution is -2.39. The first-order chi connectivity index (χ1) is 12.3. The second-order valence-electron chi connectivity index (χ2n) is 6.64. The van der Waals surface area contributed by atoms with Gasteiger partial charge in [0.1, 0.15) is 12.1 Å². The molecule has 1 atom stereocenters. The molecule has 1 aliphatic rings. The first kappa shape index (κ1) is 16.0. The normalized spacial score (nSPS) is 18.1. The summed E-state index contributed by atoms with van der Waals surface area (Å²) in [5.74, 6) is 1.67. The second-order valence-corrected chi connectivity index (χ2v) is 6.64. The number of hydrogen-bond acceptors (Lipinski definition) is 5. The molecule has 1 unspecified atom stereocenters. The molecule has 1 fully saturated rings. The van der Waals surface area contributed by atoms with Crippen LogP contribution in [0.1, 0.15) is 19.8 Å². The Bertz CT molecular complexity index is 844. The van der Waals surface area contributed by atoms with Crippen molar-refractivity contribution in [2.45, 2.75) is 25.8 Å². The van der Waals surface area contributed by atoms with Crippen LogP contribution < -0.4 is 4.90 Å². The van der Waals surface area contributed by atoms with E-state index in [1.54, 1.807) is 6.33 Å². The number of rotatable bonds is 5. The maximum Gasteiger partial charge on any atom is 0.254 e. The largest absolute Gasteiger partial charge is 0.358 e. The van der Waals surface area contributed by atoms with Crippen LogP contribution in [-0.4, -0.2) is 57.2 Å². The molecule has 0 aliphatic carbocycles. The summed E-state index contributed by atoms with van der Waals surface area (Å²) in [6.45, 7) is 5.55. The molecular weight excluding hydrogens is 312 g/mol. The second kappa shape index (κ2) is 6.80. The molecule has 4 rings (SSSR count). The number of anilines is 1. The molecule has 130 valence electrons. The average Bonchev–Trinajstić information content (AvgIpc) is 3.30. The number of nitrogens with zero attached hydrogens (tertiary/aromatic N) is 6. The first-order valence-corrected chi connectivity index (χ1v) is 8.97. The van der Waals surface area contributed by atoms with E-state index in [1.165, 1.54) is 19.4 Å². The van der Waals surface area contributed by atoms with E-state index in [0.717, 1.165) is 30.2 Å². The lowest BCUT2D eigenvalue weighted by Gasteiger charge is -2.29. The van der Waals surface area contributed by atoms with Crippen molar-refractivity contribution in [1.82, 2.24) is 24.5 Å². The fourth-order valence-corrected chi connectivity index (χ4v) is 3.75. The van der Waals surface area contributed by atoms with Crippen molar-refractivity contribution in [3.63, 3.8) is 0 Å². The predicted molar refractivity (Wildman–Crippen MR) is 99.8 cm³/mol. The van der Waals surface area contributed by atoms with Gasteiger partial charge in [0, 0.05) is 31.3 Å². The van der Waals surface area contributed by atoms with Crippen LogP contribution >= 0.6 is 0 Å². The Kier molecular flexibility index (Phi) is 4.36. The van der Waals surface area contributed by atoms with Crippen LogP contribution in [0.4, 0.5) is 5.82 Å². The minimum atomic E-state index is 0.599. The molecule has 1 aliphatic heterocycles. The van der Waals surface area contributed by atoms with E-state index < -0.39 is 0 Å².